The first-order valence-corrected chi connectivity index (χ1v) is 8.16. The number of hydrogen-bond acceptors (Lipinski definition) is 2. The van der Waals surface area contributed by atoms with Crippen molar-refractivity contribution in [3.63, 3.8) is 0 Å². The maximum absolute atomic E-state index is 5.78. The number of hydrogen-bond donors (Lipinski definition) is 0. The fourth-order valence-corrected chi connectivity index (χ4v) is 3.31. The lowest BCUT2D eigenvalue weighted by molar-refractivity contribution is 0.101. The number of ether oxygens (including phenoxy) is 1. The number of nitrogens with zero attached hydrogens (tertiary/aromatic N) is 1. The van der Waals surface area contributed by atoms with E-state index in [1.54, 1.807) is 0 Å². The van der Waals surface area contributed by atoms with E-state index >= 15 is 0 Å². The van der Waals surface area contributed by atoms with Gasteiger partial charge in [0.15, 0.2) is 0 Å². The van der Waals surface area contributed by atoms with Crippen LogP contribution in [0.15, 0.2) is 30.3 Å². The summed E-state index contributed by atoms with van der Waals surface area (Å²) in [5, 5.41) is 0. The van der Waals surface area contributed by atoms with Crippen LogP contribution in [0.3, 0.4) is 0 Å². The third-order valence-corrected chi connectivity index (χ3v) is 4.63. The fraction of sp³-hybridized carbons (Fsp3) is 0.667. The van der Waals surface area contributed by atoms with Crippen LogP contribution >= 0.6 is 0 Å². The van der Waals surface area contributed by atoms with Gasteiger partial charge in [0.1, 0.15) is 0 Å². The maximum atomic E-state index is 5.78. The minimum Gasteiger partial charge on any atom is -0.377 e. The minimum atomic E-state index is 0.749. The van der Waals surface area contributed by atoms with Crippen molar-refractivity contribution in [3.05, 3.63) is 35.9 Å². The number of benzene rings is 1. The summed E-state index contributed by atoms with van der Waals surface area (Å²) in [5.41, 5.74) is 1.27. The molecule has 0 saturated heterocycles. The fourth-order valence-electron chi connectivity index (χ4n) is 3.31. The lowest BCUT2D eigenvalue weighted by Gasteiger charge is -2.28. The largest absolute Gasteiger partial charge is 0.377 e. The molecule has 110 valence electrons. The normalized spacial score (nSPS) is 18.9. The first kappa shape index (κ1) is 14.1. The van der Waals surface area contributed by atoms with E-state index in [2.05, 4.69) is 36.2 Å². The average molecular weight is 273 g/mol. The zero-order valence-corrected chi connectivity index (χ0v) is 12.6. The molecule has 0 spiro atoms. The van der Waals surface area contributed by atoms with Crippen LogP contribution in [0.5, 0.6) is 0 Å². The Kier molecular flexibility index (Phi) is 4.74. The topological polar surface area (TPSA) is 12.5 Å². The molecule has 2 saturated carbocycles. The molecular formula is C18H27NO. The Morgan fingerprint density at radius 2 is 1.75 bits per heavy atom. The predicted octanol–water partition coefficient (Wildman–Crippen LogP) is 3.71. The highest BCUT2D eigenvalue weighted by atomic mass is 16.5. The quantitative estimate of drug-likeness (QED) is 0.636. The Balaban J connectivity index is 1.31. The van der Waals surface area contributed by atoms with Gasteiger partial charge in [-0.15, -0.1) is 0 Å². The third kappa shape index (κ3) is 4.07. The summed E-state index contributed by atoms with van der Waals surface area (Å²) in [6, 6.07) is 11.3. The van der Waals surface area contributed by atoms with E-state index in [9.17, 15) is 0 Å². The van der Waals surface area contributed by atoms with Crippen LogP contribution in [0.2, 0.25) is 0 Å². The summed E-state index contributed by atoms with van der Waals surface area (Å²) in [7, 11) is 2.32. The second-order valence-corrected chi connectivity index (χ2v) is 6.54. The zero-order valence-electron chi connectivity index (χ0n) is 12.6. The van der Waals surface area contributed by atoms with Gasteiger partial charge in [-0.25, -0.2) is 0 Å². The van der Waals surface area contributed by atoms with Gasteiger partial charge in [0.2, 0.25) is 0 Å². The molecule has 0 amide bonds. The molecule has 2 fully saturated rings. The van der Waals surface area contributed by atoms with Crippen molar-refractivity contribution in [2.24, 2.45) is 11.8 Å². The van der Waals surface area contributed by atoms with Crippen LogP contribution in [-0.2, 0) is 11.3 Å². The second kappa shape index (κ2) is 6.73. The van der Waals surface area contributed by atoms with Crippen LogP contribution in [-0.4, -0.2) is 31.1 Å². The van der Waals surface area contributed by atoms with E-state index in [0.29, 0.717) is 0 Å². The van der Waals surface area contributed by atoms with Crippen molar-refractivity contribution in [3.8, 4) is 0 Å². The summed E-state index contributed by atoms with van der Waals surface area (Å²) in [6.45, 7) is 2.81. The van der Waals surface area contributed by atoms with E-state index in [1.165, 1.54) is 37.8 Å². The standard InChI is InChI=1S/C18H27NO/c1-19(18(16-8-9-16)17-10-11-17)12-5-13-20-14-15-6-3-2-4-7-15/h2-4,6-7,16-18H,5,8-14H2,1H3. The van der Waals surface area contributed by atoms with E-state index in [0.717, 1.165) is 37.5 Å². The predicted molar refractivity (Wildman–Crippen MR) is 82.6 cm³/mol. The highest BCUT2D eigenvalue weighted by molar-refractivity contribution is 5.13. The molecule has 0 heterocycles. The van der Waals surface area contributed by atoms with Crippen molar-refractivity contribution >= 4 is 0 Å². The molecule has 0 bridgehead atoms. The monoisotopic (exact) mass is 273 g/mol. The lowest BCUT2D eigenvalue weighted by atomic mass is 10.1. The molecule has 0 atom stereocenters. The molecule has 3 rings (SSSR count). The molecule has 1 aromatic rings. The van der Waals surface area contributed by atoms with Gasteiger partial charge in [-0.3, -0.25) is 0 Å². The van der Waals surface area contributed by atoms with Gasteiger partial charge in [-0.1, -0.05) is 30.3 Å². The second-order valence-electron chi connectivity index (χ2n) is 6.54. The maximum Gasteiger partial charge on any atom is 0.0716 e. The highest BCUT2D eigenvalue weighted by Crippen LogP contribution is 2.46. The Bertz CT molecular complexity index is 385. The van der Waals surface area contributed by atoms with Gasteiger partial charge in [0.05, 0.1) is 6.61 Å². The SMILES string of the molecule is CN(CCCOCc1ccccc1)C(C1CC1)C1CC1. The molecule has 0 N–H and O–H groups in total. The van der Waals surface area contributed by atoms with Crippen LogP contribution in [0.25, 0.3) is 0 Å². The first-order valence-electron chi connectivity index (χ1n) is 8.16. The van der Waals surface area contributed by atoms with Crippen LogP contribution < -0.4 is 0 Å². The Hall–Kier alpha value is -0.860. The molecule has 2 aliphatic rings. The van der Waals surface area contributed by atoms with E-state index in [-0.39, 0.29) is 0 Å². The van der Waals surface area contributed by atoms with E-state index < -0.39 is 0 Å². The molecule has 0 aromatic heterocycles. The minimum absolute atomic E-state index is 0.749. The van der Waals surface area contributed by atoms with Crippen LogP contribution in [0.1, 0.15) is 37.7 Å². The smallest absolute Gasteiger partial charge is 0.0716 e. The Labute approximate surface area is 123 Å². The van der Waals surface area contributed by atoms with Crippen molar-refractivity contribution in [1.82, 2.24) is 4.90 Å². The van der Waals surface area contributed by atoms with Gasteiger partial charge < -0.3 is 9.64 Å². The van der Waals surface area contributed by atoms with Crippen LogP contribution in [0, 0.1) is 11.8 Å². The summed E-state index contributed by atoms with van der Waals surface area (Å²) in [5.74, 6) is 2.02. The molecule has 0 unspecified atom stereocenters. The first-order chi connectivity index (χ1) is 9.84. The lowest BCUT2D eigenvalue weighted by Crippen LogP contribution is -2.36. The third-order valence-electron chi connectivity index (χ3n) is 4.63. The van der Waals surface area contributed by atoms with Gasteiger partial charge in [0, 0.05) is 19.2 Å². The summed E-state index contributed by atoms with van der Waals surface area (Å²) < 4.78 is 5.78. The molecular weight excluding hydrogens is 246 g/mol. The molecule has 1 aromatic carbocycles. The zero-order chi connectivity index (χ0) is 13.8. The molecule has 2 aliphatic carbocycles. The van der Waals surface area contributed by atoms with Crippen molar-refractivity contribution < 1.29 is 4.74 Å². The molecule has 20 heavy (non-hydrogen) atoms. The molecule has 0 aliphatic heterocycles. The van der Waals surface area contributed by atoms with E-state index in [1.807, 2.05) is 6.07 Å². The summed E-state index contributed by atoms with van der Waals surface area (Å²) in [4.78, 5) is 2.61. The van der Waals surface area contributed by atoms with E-state index in [4.69, 9.17) is 4.74 Å². The molecule has 2 heteroatoms. The average Bonchev–Trinajstić information content (AvgIpc) is 3.34. The highest BCUT2D eigenvalue weighted by Gasteiger charge is 2.43. The van der Waals surface area contributed by atoms with Gasteiger partial charge in [-0.05, 0) is 56.6 Å². The Morgan fingerprint density at radius 3 is 2.35 bits per heavy atom. The number of rotatable bonds is 9. The van der Waals surface area contributed by atoms with Crippen molar-refractivity contribution in [1.29, 1.82) is 0 Å². The molecule has 2 nitrogen and oxygen atoms in total. The molecule has 0 radical (unpaired) electrons. The van der Waals surface area contributed by atoms with Crippen LogP contribution in [0.4, 0.5) is 0 Å². The summed E-state index contributed by atoms with van der Waals surface area (Å²) in [6.07, 6.45) is 7.03. The van der Waals surface area contributed by atoms with Gasteiger partial charge in [0.25, 0.3) is 0 Å². The van der Waals surface area contributed by atoms with Gasteiger partial charge in [-0.2, -0.15) is 0 Å². The Morgan fingerprint density at radius 1 is 1.10 bits per heavy atom. The summed E-state index contributed by atoms with van der Waals surface area (Å²) >= 11 is 0. The van der Waals surface area contributed by atoms with Crippen molar-refractivity contribution in [2.75, 3.05) is 20.2 Å². The van der Waals surface area contributed by atoms with Gasteiger partial charge >= 0.3 is 0 Å². The van der Waals surface area contributed by atoms with Crippen molar-refractivity contribution in [2.45, 2.75) is 44.8 Å².